The van der Waals surface area contributed by atoms with Gasteiger partial charge in [-0.3, -0.25) is 0 Å². The topological polar surface area (TPSA) is 122 Å². The molecule has 0 bridgehead atoms. The first-order chi connectivity index (χ1) is 10.5. The smallest absolute Gasteiger partial charge is 0.241 e. The van der Waals surface area contributed by atoms with E-state index in [2.05, 4.69) is 4.72 Å². The van der Waals surface area contributed by atoms with Gasteiger partial charge in [0.25, 0.3) is 0 Å². The van der Waals surface area contributed by atoms with Crippen LogP contribution in [0.3, 0.4) is 0 Å². The van der Waals surface area contributed by atoms with Crippen LogP contribution in [0.15, 0.2) is 29.2 Å². The van der Waals surface area contributed by atoms with Crippen LogP contribution in [0, 0.1) is 5.41 Å². The second kappa shape index (κ2) is 7.41. The summed E-state index contributed by atoms with van der Waals surface area (Å²) < 4.78 is 54.6. The Labute approximate surface area is 137 Å². The van der Waals surface area contributed by atoms with E-state index in [-0.39, 0.29) is 4.90 Å². The molecule has 0 amide bonds. The van der Waals surface area contributed by atoms with Gasteiger partial charge >= 0.3 is 0 Å². The zero-order valence-electron chi connectivity index (χ0n) is 13.2. The highest BCUT2D eigenvalue weighted by atomic mass is 32.2. The summed E-state index contributed by atoms with van der Waals surface area (Å²) in [5.74, 6) is 0.487. The molecule has 0 aliphatic rings. The Morgan fingerprint density at radius 2 is 1.74 bits per heavy atom. The predicted molar refractivity (Wildman–Crippen MR) is 85.4 cm³/mol. The Bertz CT molecular complexity index is 769. The van der Waals surface area contributed by atoms with Crippen molar-refractivity contribution < 1.29 is 26.8 Å². The van der Waals surface area contributed by atoms with Crippen LogP contribution in [0.25, 0.3) is 0 Å². The Hall–Kier alpha value is -1.46. The highest BCUT2D eigenvalue weighted by molar-refractivity contribution is 7.89. The van der Waals surface area contributed by atoms with E-state index in [9.17, 15) is 16.8 Å². The summed E-state index contributed by atoms with van der Waals surface area (Å²) in [6.07, 6.45) is 0. The molecular weight excluding hydrogens is 344 g/mol. The SMILES string of the molecule is COc1ccc(S(=O)(=O)NC(C(NO)=S(=O)=O)C(C)(C)C)cc1. The van der Waals surface area contributed by atoms with Crippen molar-refractivity contribution in [2.24, 2.45) is 5.41 Å². The van der Waals surface area contributed by atoms with Crippen molar-refractivity contribution in [3.63, 3.8) is 0 Å². The number of rotatable bonds is 5. The summed E-state index contributed by atoms with van der Waals surface area (Å²) in [5.41, 5.74) is 0.743. The standard InChI is InChI=1S/C13H20N2O6S2/c1-13(2,3)11(12(14-16)22(17)18)15-23(19,20)10-7-5-9(21-4)6-8-10/h5-8,11,14-16H,1-4H3. The number of methoxy groups -OCH3 is 1. The Kier molecular flexibility index (Phi) is 6.31. The number of hydroxylamine groups is 1. The van der Waals surface area contributed by atoms with Gasteiger partial charge in [0.1, 0.15) is 5.75 Å². The number of hydrogen-bond acceptors (Lipinski definition) is 6. The molecule has 1 atom stereocenters. The van der Waals surface area contributed by atoms with Gasteiger partial charge in [0, 0.05) is 0 Å². The fourth-order valence-corrected chi connectivity index (χ4v) is 3.97. The van der Waals surface area contributed by atoms with Crippen LogP contribution >= 0.6 is 0 Å². The molecule has 0 radical (unpaired) electrons. The van der Waals surface area contributed by atoms with Crippen LogP contribution in [0.5, 0.6) is 5.75 Å². The minimum atomic E-state index is -4.01. The summed E-state index contributed by atoms with van der Waals surface area (Å²) in [4.78, 5) is -0.615. The summed E-state index contributed by atoms with van der Waals surface area (Å²) in [5, 5.41) is 9.03. The average Bonchev–Trinajstić information content (AvgIpc) is 2.45. The molecule has 3 N–H and O–H groups in total. The van der Waals surface area contributed by atoms with Gasteiger partial charge in [-0.2, -0.15) is 13.9 Å². The lowest BCUT2D eigenvalue weighted by Gasteiger charge is -2.30. The van der Waals surface area contributed by atoms with E-state index in [0.29, 0.717) is 5.75 Å². The fourth-order valence-electron chi connectivity index (χ4n) is 1.80. The van der Waals surface area contributed by atoms with Crippen LogP contribution in [-0.4, -0.2) is 40.2 Å². The first-order valence-corrected chi connectivity index (χ1v) is 9.11. The molecular formula is C13H20N2O6S2. The van der Waals surface area contributed by atoms with Crippen molar-refractivity contribution in [1.29, 1.82) is 0 Å². The Morgan fingerprint density at radius 3 is 2.09 bits per heavy atom. The zero-order chi connectivity index (χ0) is 17.8. The van der Waals surface area contributed by atoms with Gasteiger partial charge in [-0.05, 0) is 29.7 Å². The van der Waals surface area contributed by atoms with Crippen LogP contribution in [0.1, 0.15) is 20.8 Å². The van der Waals surface area contributed by atoms with Gasteiger partial charge in [0.05, 0.1) is 18.0 Å². The molecule has 1 unspecified atom stereocenters. The lowest BCUT2D eigenvalue weighted by atomic mass is 9.87. The third-order valence-electron chi connectivity index (χ3n) is 3.06. The summed E-state index contributed by atoms with van der Waals surface area (Å²) >= 11 is 0. The van der Waals surface area contributed by atoms with Crippen molar-refractivity contribution in [3.05, 3.63) is 24.3 Å². The summed E-state index contributed by atoms with van der Waals surface area (Å²) in [6.45, 7) is 4.91. The van der Waals surface area contributed by atoms with E-state index in [1.54, 1.807) is 26.3 Å². The maximum atomic E-state index is 12.5. The van der Waals surface area contributed by atoms with Crippen molar-refractivity contribution in [2.45, 2.75) is 31.7 Å². The monoisotopic (exact) mass is 364 g/mol. The number of sulfonamides is 1. The van der Waals surface area contributed by atoms with Crippen molar-refractivity contribution in [2.75, 3.05) is 7.11 Å². The molecule has 0 aromatic heterocycles. The Morgan fingerprint density at radius 1 is 1.22 bits per heavy atom. The molecule has 0 aliphatic carbocycles. The highest BCUT2D eigenvalue weighted by Crippen LogP contribution is 2.23. The van der Waals surface area contributed by atoms with E-state index in [0.717, 1.165) is 0 Å². The molecule has 1 aromatic rings. The van der Waals surface area contributed by atoms with E-state index >= 15 is 0 Å². The second-order valence-electron chi connectivity index (χ2n) is 5.81. The predicted octanol–water partition coefficient (Wildman–Crippen LogP) is 0.376. The molecule has 23 heavy (non-hydrogen) atoms. The molecule has 0 fully saturated rings. The quantitative estimate of drug-likeness (QED) is 0.510. The Balaban J connectivity index is 3.28. The maximum Gasteiger partial charge on any atom is 0.241 e. The van der Waals surface area contributed by atoms with E-state index < -0.39 is 36.8 Å². The van der Waals surface area contributed by atoms with Crippen molar-refractivity contribution in [3.8, 4) is 5.75 Å². The molecule has 0 spiro atoms. The van der Waals surface area contributed by atoms with Crippen molar-refractivity contribution >= 4 is 25.3 Å². The fraction of sp³-hybridized carbons (Fsp3) is 0.462. The van der Waals surface area contributed by atoms with E-state index in [1.165, 1.54) is 31.4 Å². The minimum Gasteiger partial charge on any atom is -0.497 e. The first-order valence-electron chi connectivity index (χ1n) is 6.55. The molecule has 0 heterocycles. The van der Waals surface area contributed by atoms with Gasteiger partial charge in [-0.25, -0.2) is 13.1 Å². The van der Waals surface area contributed by atoms with Gasteiger partial charge in [-0.15, -0.1) is 0 Å². The van der Waals surface area contributed by atoms with Gasteiger partial charge in [-0.1, -0.05) is 20.8 Å². The van der Waals surface area contributed by atoms with Gasteiger partial charge in [0.15, 0.2) is 4.99 Å². The van der Waals surface area contributed by atoms with E-state index in [1.807, 2.05) is 0 Å². The number of ether oxygens (including phenoxy) is 1. The van der Waals surface area contributed by atoms with Crippen LogP contribution in [0.4, 0.5) is 0 Å². The van der Waals surface area contributed by atoms with Crippen LogP contribution in [-0.2, 0) is 20.3 Å². The lowest BCUT2D eigenvalue weighted by molar-refractivity contribution is 0.223. The highest BCUT2D eigenvalue weighted by Gasteiger charge is 2.34. The minimum absolute atomic E-state index is 0.0541. The first kappa shape index (κ1) is 19.6. The maximum absolute atomic E-state index is 12.5. The number of hydrogen-bond donors (Lipinski definition) is 3. The number of nitrogens with one attached hydrogen (secondary N) is 2. The molecule has 0 saturated carbocycles. The normalized spacial score (nSPS) is 13.4. The molecule has 0 saturated heterocycles. The summed E-state index contributed by atoms with van der Waals surface area (Å²) in [7, 11) is -5.37. The molecule has 0 aliphatic heterocycles. The summed E-state index contributed by atoms with van der Waals surface area (Å²) in [6, 6.07) is 4.43. The third-order valence-corrected chi connectivity index (χ3v) is 5.19. The van der Waals surface area contributed by atoms with Crippen LogP contribution < -0.4 is 14.9 Å². The van der Waals surface area contributed by atoms with Crippen molar-refractivity contribution in [1.82, 2.24) is 10.2 Å². The molecule has 130 valence electrons. The average molecular weight is 364 g/mol. The van der Waals surface area contributed by atoms with E-state index in [4.69, 9.17) is 9.94 Å². The third kappa shape index (κ3) is 5.01. The zero-order valence-corrected chi connectivity index (χ0v) is 14.8. The molecule has 1 aromatic carbocycles. The number of benzene rings is 1. The molecule has 10 heteroatoms. The van der Waals surface area contributed by atoms with Gasteiger partial charge in [0.2, 0.25) is 20.3 Å². The second-order valence-corrected chi connectivity index (χ2v) is 8.43. The molecule has 8 nitrogen and oxygen atoms in total. The molecule has 1 rings (SSSR count). The van der Waals surface area contributed by atoms with Crippen LogP contribution in [0.2, 0.25) is 0 Å². The largest absolute Gasteiger partial charge is 0.497 e. The lowest BCUT2D eigenvalue weighted by Crippen LogP contribution is -2.53. The van der Waals surface area contributed by atoms with Gasteiger partial charge < -0.3 is 9.94 Å².